The average molecular weight is 396 g/mol. The van der Waals surface area contributed by atoms with E-state index in [4.69, 9.17) is 4.74 Å². The number of morpholine rings is 1. The molecule has 0 spiro atoms. The average Bonchev–Trinajstić information content (AvgIpc) is 2.75. The molecule has 0 radical (unpaired) electrons. The second kappa shape index (κ2) is 9.47. The van der Waals surface area contributed by atoms with Crippen LogP contribution in [0.3, 0.4) is 0 Å². The summed E-state index contributed by atoms with van der Waals surface area (Å²) in [5.41, 5.74) is 2.99. The first-order valence-electron chi connectivity index (χ1n) is 8.94. The lowest BCUT2D eigenvalue weighted by Crippen LogP contribution is -2.41. The van der Waals surface area contributed by atoms with Crippen molar-refractivity contribution in [2.24, 2.45) is 5.10 Å². The van der Waals surface area contributed by atoms with Crippen LogP contribution in [0.25, 0.3) is 0 Å². The van der Waals surface area contributed by atoms with Crippen molar-refractivity contribution in [1.29, 1.82) is 0 Å². The Bertz CT molecular complexity index is 938. The number of nitrogens with one attached hydrogen (secondary N) is 2. The Balaban J connectivity index is 1.63. The van der Waals surface area contributed by atoms with Gasteiger partial charge in [0.05, 0.1) is 30.7 Å². The molecule has 0 unspecified atom stereocenters. The summed E-state index contributed by atoms with van der Waals surface area (Å²) in [4.78, 5) is 38.5. The smallest absolute Gasteiger partial charge is 0.329 e. The number of aromatic hydroxyl groups is 1. The number of hydrogen-bond acceptors (Lipinski definition) is 6. The second-order valence-corrected chi connectivity index (χ2v) is 6.16. The Morgan fingerprint density at radius 1 is 1.00 bits per heavy atom. The topological polar surface area (TPSA) is 120 Å². The maximum atomic E-state index is 12.7. The molecule has 0 aromatic heterocycles. The minimum Gasteiger partial charge on any atom is -0.507 e. The van der Waals surface area contributed by atoms with Crippen molar-refractivity contribution in [1.82, 2.24) is 10.3 Å². The first kappa shape index (κ1) is 20.0. The molecule has 9 heteroatoms. The van der Waals surface area contributed by atoms with Crippen LogP contribution in [0.2, 0.25) is 0 Å². The fourth-order valence-corrected chi connectivity index (χ4v) is 2.70. The predicted octanol–water partition coefficient (Wildman–Crippen LogP) is 0.953. The number of carbonyl (C=O) groups is 3. The summed E-state index contributed by atoms with van der Waals surface area (Å²) in [7, 11) is 0. The van der Waals surface area contributed by atoms with Crippen molar-refractivity contribution in [3.63, 3.8) is 0 Å². The lowest BCUT2D eigenvalue weighted by Gasteiger charge is -2.27. The van der Waals surface area contributed by atoms with Gasteiger partial charge in [-0.15, -0.1) is 0 Å². The standard InChI is InChI=1S/C20H20N4O5/c25-17-8-4-1-5-14(17)13-21-23-19(27)18(26)22-16-7-3-2-6-15(16)20(28)24-9-11-29-12-10-24/h1-8,13,25H,9-12H2,(H,22,26)(H,23,27). The number of phenols is 1. The summed E-state index contributed by atoms with van der Waals surface area (Å²) < 4.78 is 5.24. The largest absolute Gasteiger partial charge is 0.507 e. The van der Waals surface area contributed by atoms with E-state index in [1.165, 1.54) is 12.3 Å². The maximum Gasteiger partial charge on any atom is 0.329 e. The van der Waals surface area contributed by atoms with Gasteiger partial charge < -0.3 is 20.1 Å². The summed E-state index contributed by atoms with van der Waals surface area (Å²) in [5.74, 6) is -2.24. The minimum atomic E-state index is -1.01. The summed E-state index contributed by atoms with van der Waals surface area (Å²) in [6.07, 6.45) is 1.22. The molecular formula is C20H20N4O5. The predicted molar refractivity (Wildman–Crippen MR) is 106 cm³/mol. The van der Waals surface area contributed by atoms with Crippen molar-refractivity contribution in [3.05, 3.63) is 59.7 Å². The van der Waals surface area contributed by atoms with E-state index in [2.05, 4.69) is 15.8 Å². The fraction of sp³-hybridized carbons (Fsp3) is 0.200. The van der Waals surface area contributed by atoms with Gasteiger partial charge in [0.1, 0.15) is 5.75 Å². The number of carbonyl (C=O) groups excluding carboxylic acids is 3. The third-order valence-corrected chi connectivity index (χ3v) is 4.22. The van der Waals surface area contributed by atoms with Crippen LogP contribution < -0.4 is 10.7 Å². The molecule has 1 heterocycles. The molecule has 3 N–H and O–H groups in total. The lowest BCUT2D eigenvalue weighted by molar-refractivity contribution is -0.136. The zero-order valence-electron chi connectivity index (χ0n) is 15.5. The highest BCUT2D eigenvalue weighted by atomic mass is 16.5. The zero-order chi connectivity index (χ0) is 20.6. The van der Waals surface area contributed by atoms with E-state index in [9.17, 15) is 19.5 Å². The highest BCUT2D eigenvalue weighted by Crippen LogP contribution is 2.18. The number of ether oxygens (including phenoxy) is 1. The van der Waals surface area contributed by atoms with Gasteiger partial charge in [-0.25, -0.2) is 5.43 Å². The number of amides is 3. The van der Waals surface area contributed by atoms with Crippen molar-refractivity contribution in [2.45, 2.75) is 0 Å². The van der Waals surface area contributed by atoms with Crippen LogP contribution in [-0.4, -0.2) is 60.2 Å². The van der Waals surface area contributed by atoms with E-state index in [0.29, 0.717) is 31.9 Å². The number of phenolic OH excluding ortho intramolecular Hbond substituents is 1. The number of anilines is 1. The highest BCUT2D eigenvalue weighted by Gasteiger charge is 2.22. The van der Waals surface area contributed by atoms with Crippen LogP contribution in [0.5, 0.6) is 5.75 Å². The minimum absolute atomic E-state index is 0.00879. The summed E-state index contributed by atoms with van der Waals surface area (Å²) >= 11 is 0. The molecular weight excluding hydrogens is 376 g/mol. The number of nitrogens with zero attached hydrogens (tertiary/aromatic N) is 2. The Hall–Kier alpha value is -3.72. The van der Waals surface area contributed by atoms with Crippen molar-refractivity contribution >= 4 is 29.6 Å². The van der Waals surface area contributed by atoms with Gasteiger partial charge in [0, 0.05) is 18.7 Å². The molecule has 0 aliphatic carbocycles. The highest BCUT2D eigenvalue weighted by molar-refractivity contribution is 6.40. The van der Waals surface area contributed by atoms with Gasteiger partial charge in [0.2, 0.25) is 0 Å². The molecule has 0 bridgehead atoms. The van der Waals surface area contributed by atoms with Crippen molar-refractivity contribution < 1.29 is 24.2 Å². The van der Waals surface area contributed by atoms with Crippen LogP contribution in [0, 0.1) is 0 Å². The fourth-order valence-electron chi connectivity index (χ4n) is 2.70. The van der Waals surface area contributed by atoms with Crippen LogP contribution >= 0.6 is 0 Å². The van der Waals surface area contributed by atoms with Crippen LogP contribution in [0.4, 0.5) is 5.69 Å². The molecule has 3 rings (SSSR count). The zero-order valence-corrected chi connectivity index (χ0v) is 15.5. The van der Waals surface area contributed by atoms with Crippen molar-refractivity contribution in [3.8, 4) is 5.75 Å². The van der Waals surface area contributed by atoms with Crippen LogP contribution in [0.15, 0.2) is 53.6 Å². The van der Waals surface area contributed by atoms with Gasteiger partial charge in [-0.2, -0.15) is 5.10 Å². The molecule has 3 amide bonds. The van der Waals surface area contributed by atoms with E-state index >= 15 is 0 Å². The molecule has 1 fully saturated rings. The number of hydrogen-bond donors (Lipinski definition) is 3. The summed E-state index contributed by atoms with van der Waals surface area (Å²) in [6.45, 7) is 1.83. The molecule has 0 atom stereocenters. The van der Waals surface area contributed by atoms with Gasteiger partial charge >= 0.3 is 11.8 Å². The van der Waals surface area contributed by atoms with Gasteiger partial charge in [0.25, 0.3) is 5.91 Å². The lowest BCUT2D eigenvalue weighted by atomic mass is 10.1. The Kier molecular flexibility index (Phi) is 6.54. The van der Waals surface area contributed by atoms with E-state index in [0.717, 1.165) is 0 Å². The number of benzene rings is 2. The van der Waals surface area contributed by atoms with E-state index < -0.39 is 11.8 Å². The SMILES string of the molecule is O=C(NN=Cc1ccccc1O)C(=O)Nc1ccccc1C(=O)N1CCOCC1. The molecule has 1 aliphatic rings. The Morgan fingerprint density at radius 3 is 2.45 bits per heavy atom. The number of rotatable bonds is 4. The quantitative estimate of drug-likeness (QED) is 0.404. The molecule has 2 aromatic carbocycles. The first-order chi connectivity index (χ1) is 14.1. The second-order valence-electron chi connectivity index (χ2n) is 6.16. The Morgan fingerprint density at radius 2 is 1.69 bits per heavy atom. The molecule has 0 saturated carbocycles. The third kappa shape index (κ3) is 5.17. The number of hydrazone groups is 1. The third-order valence-electron chi connectivity index (χ3n) is 4.22. The first-order valence-corrected chi connectivity index (χ1v) is 8.94. The van der Waals surface area contributed by atoms with E-state index in [1.54, 1.807) is 47.4 Å². The summed E-state index contributed by atoms with van der Waals surface area (Å²) in [5, 5.41) is 15.7. The molecule has 2 aromatic rings. The van der Waals surface area contributed by atoms with Gasteiger partial charge in [-0.1, -0.05) is 24.3 Å². The monoisotopic (exact) mass is 396 g/mol. The van der Waals surface area contributed by atoms with Crippen LogP contribution in [-0.2, 0) is 14.3 Å². The van der Waals surface area contributed by atoms with Gasteiger partial charge in [-0.3, -0.25) is 14.4 Å². The normalized spacial score (nSPS) is 13.9. The van der Waals surface area contributed by atoms with E-state index in [-0.39, 0.29) is 22.9 Å². The molecule has 1 aliphatic heterocycles. The molecule has 29 heavy (non-hydrogen) atoms. The Labute approximate surface area is 167 Å². The van der Waals surface area contributed by atoms with Crippen LogP contribution in [0.1, 0.15) is 15.9 Å². The van der Waals surface area contributed by atoms with E-state index in [1.807, 2.05) is 0 Å². The summed E-state index contributed by atoms with van der Waals surface area (Å²) in [6, 6.07) is 12.9. The van der Waals surface area contributed by atoms with Gasteiger partial charge in [0.15, 0.2) is 0 Å². The van der Waals surface area contributed by atoms with Gasteiger partial charge in [-0.05, 0) is 24.3 Å². The van der Waals surface area contributed by atoms with Crippen molar-refractivity contribution in [2.75, 3.05) is 31.6 Å². The molecule has 9 nitrogen and oxygen atoms in total. The molecule has 150 valence electrons. The molecule has 1 saturated heterocycles. The maximum absolute atomic E-state index is 12.7. The number of para-hydroxylation sites is 2.